The van der Waals surface area contributed by atoms with Crippen LogP contribution in [-0.4, -0.2) is 17.1 Å². The molecule has 0 bridgehead atoms. The molecule has 0 saturated carbocycles. The van der Waals surface area contributed by atoms with Crippen LogP contribution < -0.4 is 10.1 Å². The first-order valence-corrected chi connectivity index (χ1v) is 6.82. The van der Waals surface area contributed by atoms with Gasteiger partial charge in [-0.25, -0.2) is 0 Å². The zero-order valence-electron chi connectivity index (χ0n) is 12.2. The third-order valence-electron chi connectivity index (χ3n) is 3.01. The molecule has 0 spiro atoms. The van der Waals surface area contributed by atoms with Crippen molar-refractivity contribution in [1.29, 1.82) is 0 Å². The van der Waals surface area contributed by atoms with Crippen LogP contribution in [0, 0.1) is 6.92 Å². The zero-order valence-corrected chi connectivity index (χ0v) is 12.2. The summed E-state index contributed by atoms with van der Waals surface area (Å²) in [5.74, 6) is 0.128. The monoisotopic (exact) mass is 285 g/mol. The number of rotatable bonds is 5. The number of hydrogen-bond acceptors (Lipinski definition) is 3. The molecule has 0 unspecified atom stereocenters. The number of aryl methyl sites for hydroxylation is 1. The zero-order chi connectivity index (χ0) is 15.2. The Labute approximate surface area is 124 Å². The number of hydrogen-bond donors (Lipinski definition) is 2. The van der Waals surface area contributed by atoms with Crippen LogP contribution in [0.25, 0.3) is 0 Å². The molecule has 110 valence electrons. The van der Waals surface area contributed by atoms with Gasteiger partial charge in [-0.05, 0) is 37.1 Å². The molecule has 4 heteroatoms. The molecule has 2 aromatic rings. The summed E-state index contributed by atoms with van der Waals surface area (Å²) in [6.45, 7) is 3.77. The second-order valence-corrected chi connectivity index (χ2v) is 4.94. The number of anilines is 1. The van der Waals surface area contributed by atoms with Gasteiger partial charge in [0.25, 0.3) is 5.91 Å². The molecule has 4 nitrogen and oxygen atoms in total. The maximum atomic E-state index is 11.6. The van der Waals surface area contributed by atoms with E-state index in [2.05, 4.69) is 5.32 Å². The van der Waals surface area contributed by atoms with Crippen molar-refractivity contribution >= 4 is 11.6 Å². The van der Waals surface area contributed by atoms with Crippen molar-refractivity contribution in [2.45, 2.75) is 26.6 Å². The standard InChI is InChI=1S/C17H19NO3/c1-12-8-9-16(15(10-12)18-17(20)13(2)19)21-11-14-6-4-3-5-7-14/h3-10,13,19H,11H2,1-2H3,(H,18,20)/t13-/m1/s1. The van der Waals surface area contributed by atoms with Gasteiger partial charge in [-0.1, -0.05) is 36.4 Å². The third kappa shape index (κ3) is 4.33. The van der Waals surface area contributed by atoms with E-state index in [1.807, 2.05) is 55.5 Å². The summed E-state index contributed by atoms with van der Waals surface area (Å²) < 4.78 is 5.76. The lowest BCUT2D eigenvalue weighted by molar-refractivity contribution is -0.123. The Morgan fingerprint density at radius 3 is 2.62 bits per heavy atom. The first-order valence-electron chi connectivity index (χ1n) is 6.82. The number of carbonyl (C=O) groups is 1. The van der Waals surface area contributed by atoms with Gasteiger partial charge in [0, 0.05) is 0 Å². The van der Waals surface area contributed by atoms with Gasteiger partial charge in [-0.15, -0.1) is 0 Å². The number of amides is 1. The van der Waals surface area contributed by atoms with Crippen LogP contribution >= 0.6 is 0 Å². The minimum atomic E-state index is -1.06. The highest BCUT2D eigenvalue weighted by atomic mass is 16.5. The van der Waals surface area contributed by atoms with E-state index in [0.717, 1.165) is 11.1 Å². The molecule has 0 heterocycles. The minimum Gasteiger partial charge on any atom is -0.487 e. The van der Waals surface area contributed by atoms with Crippen molar-refractivity contribution in [2.75, 3.05) is 5.32 Å². The number of aliphatic hydroxyl groups is 1. The predicted molar refractivity (Wildman–Crippen MR) is 82.3 cm³/mol. The summed E-state index contributed by atoms with van der Waals surface area (Å²) in [6, 6.07) is 15.3. The van der Waals surface area contributed by atoms with Gasteiger partial charge in [-0.3, -0.25) is 4.79 Å². The summed E-state index contributed by atoms with van der Waals surface area (Å²) >= 11 is 0. The number of aliphatic hydroxyl groups excluding tert-OH is 1. The largest absolute Gasteiger partial charge is 0.487 e. The van der Waals surface area contributed by atoms with E-state index in [-0.39, 0.29) is 0 Å². The molecular weight excluding hydrogens is 266 g/mol. The molecule has 21 heavy (non-hydrogen) atoms. The molecular formula is C17H19NO3. The Bertz CT molecular complexity index is 609. The van der Waals surface area contributed by atoms with E-state index in [9.17, 15) is 9.90 Å². The maximum absolute atomic E-state index is 11.6. The predicted octanol–water partition coefficient (Wildman–Crippen LogP) is 2.89. The molecule has 0 radical (unpaired) electrons. The van der Waals surface area contributed by atoms with Crippen molar-refractivity contribution in [3.63, 3.8) is 0 Å². The maximum Gasteiger partial charge on any atom is 0.253 e. The minimum absolute atomic E-state index is 0.418. The highest BCUT2D eigenvalue weighted by Crippen LogP contribution is 2.26. The molecule has 0 saturated heterocycles. The van der Waals surface area contributed by atoms with Gasteiger partial charge in [0.2, 0.25) is 0 Å². The first-order chi connectivity index (χ1) is 10.1. The fourth-order valence-corrected chi connectivity index (χ4v) is 1.84. The van der Waals surface area contributed by atoms with Crippen LogP contribution in [0.15, 0.2) is 48.5 Å². The van der Waals surface area contributed by atoms with E-state index in [1.165, 1.54) is 6.92 Å². The molecule has 2 N–H and O–H groups in total. The fraction of sp³-hybridized carbons (Fsp3) is 0.235. The molecule has 1 amide bonds. The van der Waals surface area contributed by atoms with Crippen molar-refractivity contribution < 1.29 is 14.6 Å². The molecule has 0 aromatic heterocycles. The van der Waals surface area contributed by atoms with Crippen LogP contribution in [0.5, 0.6) is 5.75 Å². The lowest BCUT2D eigenvalue weighted by atomic mass is 10.2. The first kappa shape index (κ1) is 15.1. The van der Waals surface area contributed by atoms with Crippen molar-refractivity contribution in [3.8, 4) is 5.75 Å². The average molecular weight is 285 g/mol. The van der Waals surface area contributed by atoms with Gasteiger partial charge in [0.05, 0.1) is 5.69 Å². The summed E-state index contributed by atoms with van der Waals surface area (Å²) in [4.78, 5) is 11.6. The Hall–Kier alpha value is -2.33. The third-order valence-corrected chi connectivity index (χ3v) is 3.01. The second kappa shape index (κ2) is 6.90. The number of benzene rings is 2. The van der Waals surface area contributed by atoms with Gasteiger partial charge in [0.1, 0.15) is 18.5 Å². The topological polar surface area (TPSA) is 58.6 Å². The van der Waals surface area contributed by atoms with E-state index < -0.39 is 12.0 Å². The highest BCUT2D eigenvalue weighted by molar-refractivity contribution is 5.95. The van der Waals surface area contributed by atoms with Gasteiger partial charge in [0.15, 0.2) is 0 Å². The van der Waals surface area contributed by atoms with Crippen molar-refractivity contribution in [3.05, 3.63) is 59.7 Å². The Kier molecular flexibility index (Phi) is 4.95. The van der Waals surface area contributed by atoms with E-state index in [4.69, 9.17) is 4.74 Å². The van der Waals surface area contributed by atoms with Crippen molar-refractivity contribution in [2.24, 2.45) is 0 Å². The molecule has 0 aliphatic rings. The van der Waals surface area contributed by atoms with E-state index >= 15 is 0 Å². The Morgan fingerprint density at radius 2 is 1.95 bits per heavy atom. The summed E-state index contributed by atoms with van der Waals surface area (Å²) in [5, 5.41) is 12.0. The van der Waals surface area contributed by atoms with Gasteiger partial charge < -0.3 is 15.2 Å². The van der Waals surface area contributed by atoms with Crippen LogP contribution in [-0.2, 0) is 11.4 Å². The van der Waals surface area contributed by atoms with Crippen molar-refractivity contribution in [1.82, 2.24) is 0 Å². The van der Waals surface area contributed by atoms with Crippen LogP contribution in [0.3, 0.4) is 0 Å². The summed E-state index contributed by atoms with van der Waals surface area (Å²) in [7, 11) is 0. The van der Waals surface area contributed by atoms with Crippen LogP contribution in [0.4, 0.5) is 5.69 Å². The van der Waals surface area contributed by atoms with Crippen LogP contribution in [0.2, 0.25) is 0 Å². The van der Waals surface area contributed by atoms with E-state index in [1.54, 1.807) is 0 Å². The molecule has 0 fully saturated rings. The smallest absolute Gasteiger partial charge is 0.253 e. The summed E-state index contributed by atoms with van der Waals surface area (Å²) in [6.07, 6.45) is -1.06. The number of carbonyl (C=O) groups excluding carboxylic acids is 1. The fourth-order valence-electron chi connectivity index (χ4n) is 1.84. The molecule has 0 aliphatic heterocycles. The SMILES string of the molecule is Cc1ccc(OCc2ccccc2)c(NC(=O)[C@@H](C)O)c1. The molecule has 2 aromatic carbocycles. The highest BCUT2D eigenvalue weighted by Gasteiger charge is 2.12. The number of ether oxygens (including phenoxy) is 1. The van der Waals surface area contributed by atoms with Gasteiger partial charge >= 0.3 is 0 Å². The number of nitrogens with one attached hydrogen (secondary N) is 1. The average Bonchev–Trinajstić information content (AvgIpc) is 2.47. The summed E-state index contributed by atoms with van der Waals surface area (Å²) in [5.41, 5.74) is 2.62. The van der Waals surface area contributed by atoms with Crippen LogP contribution in [0.1, 0.15) is 18.1 Å². The van der Waals surface area contributed by atoms with E-state index in [0.29, 0.717) is 18.0 Å². The quantitative estimate of drug-likeness (QED) is 0.888. The van der Waals surface area contributed by atoms with Gasteiger partial charge in [-0.2, -0.15) is 0 Å². The lowest BCUT2D eigenvalue weighted by Crippen LogP contribution is -2.24. The molecule has 1 atom stereocenters. The second-order valence-electron chi connectivity index (χ2n) is 4.94. The Balaban J connectivity index is 2.13. The normalized spacial score (nSPS) is 11.8. The molecule has 0 aliphatic carbocycles. The lowest BCUT2D eigenvalue weighted by Gasteiger charge is -2.14. The molecule has 2 rings (SSSR count). The Morgan fingerprint density at radius 1 is 1.24 bits per heavy atom.